The van der Waals surface area contributed by atoms with Gasteiger partial charge in [-0.3, -0.25) is 9.89 Å². The van der Waals surface area contributed by atoms with Gasteiger partial charge in [-0.2, -0.15) is 0 Å². The Bertz CT molecular complexity index is 626. The third-order valence-corrected chi connectivity index (χ3v) is 5.91. The van der Waals surface area contributed by atoms with Crippen molar-refractivity contribution in [2.24, 2.45) is 10.9 Å². The van der Waals surface area contributed by atoms with Crippen molar-refractivity contribution in [3.05, 3.63) is 28.7 Å². The molecule has 2 fully saturated rings. The van der Waals surface area contributed by atoms with Gasteiger partial charge < -0.3 is 20.3 Å². The molecule has 0 spiro atoms. The fraction of sp³-hybridized carbons (Fsp3) is 0.650. The van der Waals surface area contributed by atoms with Crippen LogP contribution >= 0.6 is 39.9 Å². The van der Waals surface area contributed by atoms with Crippen molar-refractivity contribution in [3.63, 3.8) is 0 Å². The molecule has 0 amide bonds. The normalized spacial score (nSPS) is 21.9. The summed E-state index contributed by atoms with van der Waals surface area (Å²) in [6, 6.07) is 8.84. The number of halogens is 2. The Labute approximate surface area is 194 Å². The third-order valence-electron chi connectivity index (χ3n) is 5.24. The van der Waals surface area contributed by atoms with Crippen molar-refractivity contribution >= 4 is 51.6 Å². The number of anilines is 1. The van der Waals surface area contributed by atoms with Crippen molar-refractivity contribution < 1.29 is 4.74 Å². The molecule has 8 heteroatoms. The Morgan fingerprint density at radius 1 is 1.29 bits per heavy atom. The SMILES string of the molecule is CN=C(NCC(C)CN1CCOCC1)NC1CCN(c2ccccc2Br)C1.I. The summed E-state index contributed by atoms with van der Waals surface area (Å²) in [5.74, 6) is 1.48. The van der Waals surface area contributed by atoms with Crippen LogP contribution in [0.5, 0.6) is 0 Å². The van der Waals surface area contributed by atoms with Crippen molar-refractivity contribution in [1.82, 2.24) is 15.5 Å². The van der Waals surface area contributed by atoms with E-state index in [0.717, 1.165) is 69.3 Å². The molecule has 0 bridgehead atoms. The molecule has 2 aliphatic rings. The standard InChI is InChI=1S/C20H32BrN5O.HI/c1-16(14-25-9-11-27-12-10-25)13-23-20(22-2)24-17-7-8-26(15-17)19-6-4-3-5-18(19)21;/h3-6,16-17H,7-15H2,1-2H3,(H2,22,23,24);1H. The van der Waals surface area contributed by atoms with E-state index in [0.29, 0.717) is 12.0 Å². The van der Waals surface area contributed by atoms with Gasteiger partial charge in [-0.15, -0.1) is 24.0 Å². The second-order valence-electron chi connectivity index (χ2n) is 7.50. The zero-order chi connectivity index (χ0) is 19.1. The van der Waals surface area contributed by atoms with E-state index >= 15 is 0 Å². The summed E-state index contributed by atoms with van der Waals surface area (Å²) in [5.41, 5.74) is 1.27. The van der Waals surface area contributed by atoms with E-state index < -0.39 is 0 Å². The monoisotopic (exact) mass is 565 g/mol. The maximum atomic E-state index is 5.43. The Morgan fingerprint density at radius 2 is 2.04 bits per heavy atom. The molecule has 1 aromatic carbocycles. The molecule has 2 unspecified atom stereocenters. The molecule has 6 nitrogen and oxygen atoms in total. The quantitative estimate of drug-likeness (QED) is 0.316. The fourth-order valence-corrected chi connectivity index (χ4v) is 4.29. The number of nitrogens with zero attached hydrogens (tertiary/aromatic N) is 3. The van der Waals surface area contributed by atoms with Crippen LogP contribution in [-0.4, -0.2) is 76.4 Å². The van der Waals surface area contributed by atoms with E-state index in [1.54, 1.807) is 0 Å². The van der Waals surface area contributed by atoms with Crippen LogP contribution < -0.4 is 15.5 Å². The zero-order valence-electron chi connectivity index (χ0n) is 16.9. The molecule has 3 rings (SSSR count). The van der Waals surface area contributed by atoms with Gasteiger partial charge in [0, 0.05) is 56.8 Å². The lowest BCUT2D eigenvalue weighted by Gasteiger charge is -2.29. The molecular formula is C20H33BrIN5O. The summed E-state index contributed by atoms with van der Waals surface area (Å²) in [6.07, 6.45) is 1.12. The van der Waals surface area contributed by atoms with E-state index in [9.17, 15) is 0 Å². The minimum absolute atomic E-state index is 0. The topological polar surface area (TPSA) is 52.1 Å². The van der Waals surface area contributed by atoms with Crippen molar-refractivity contribution in [3.8, 4) is 0 Å². The van der Waals surface area contributed by atoms with E-state index in [4.69, 9.17) is 4.74 Å². The number of para-hydroxylation sites is 1. The second-order valence-corrected chi connectivity index (χ2v) is 8.35. The highest BCUT2D eigenvalue weighted by molar-refractivity contribution is 14.0. The molecule has 0 saturated carbocycles. The molecule has 2 atom stereocenters. The van der Waals surface area contributed by atoms with Gasteiger partial charge >= 0.3 is 0 Å². The van der Waals surface area contributed by atoms with Gasteiger partial charge in [0.25, 0.3) is 0 Å². The number of aliphatic imine (C=N–C) groups is 1. The number of rotatable bonds is 6. The minimum Gasteiger partial charge on any atom is -0.379 e. The van der Waals surface area contributed by atoms with E-state index in [1.807, 2.05) is 7.05 Å². The van der Waals surface area contributed by atoms with Gasteiger partial charge in [0.2, 0.25) is 0 Å². The van der Waals surface area contributed by atoms with Crippen LogP contribution in [0.2, 0.25) is 0 Å². The zero-order valence-corrected chi connectivity index (χ0v) is 20.8. The molecule has 0 aliphatic carbocycles. The summed E-state index contributed by atoms with van der Waals surface area (Å²) in [4.78, 5) is 9.33. The smallest absolute Gasteiger partial charge is 0.191 e. The summed E-state index contributed by atoms with van der Waals surface area (Å²) in [6.45, 7) is 10.2. The fourth-order valence-electron chi connectivity index (χ4n) is 3.75. The van der Waals surface area contributed by atoms with Gasteiger partial charge in [0.05, 0.1) is 18.9 Å². The molecule has 2 N–H and O–H groups in total. The predicted molar refractivity (Wildman–Crippen MR) is 131 cm³/mol. The van der Waals surface area contributed by atoms with Crippen molar-refractivity contribution in [1.29, 1.82) is 0 Å². The first-order valence-electron chi connectivity index (χ1n) is 9.92. The average molecular weight is 566 g/mol. The maximum Gasteiger partial charge on any atom is 0.191 e. The molecule has 2 heterocycles. The van der Waals surface area contributed by atoms with Gasteiger partial charge in [-0.05, 0) is 40.4 Å². The van der Waals surface area contributed by atoms with Crippen molar-refractivity contribution in [2.75, 3.05) is 64.4 Å². The van der Waals surface area contributed by atoms with Gasteiger partial charge in [0.1, 0.15) is 0 Å². The van der Waals surface area contributed by atoms with Gasteiger partial charge in [0.15, 0.2) is 5.96 Å². The number of ether oxygens (including phenoxy) is 1. The molecule has 1 aromatic rings. The van der Waals surface area contributed by atoms with Gasteiger partial charge in [-0.25, -0.2) is 0 Å². The highest BCUT2D eigenvalue weighted by atomic mass is 127. The Hall–Kier alpha value is -0.580. The van der Waals surface area contributed by atoms with Crippen molar-refractivity contribution in [2.45, 2.75) is 19.4 Å². The summed E-state index contributed by atoms with van der Waals surface area (Å²) in [5, 5.41) is 7.10. The first-order chi connectivity index (χ1) is 13.2. The number of benzene rings is 1. The van der Waals surface area contributed by atoms with Crippen LogP contribution in [-0.2, 0) is 4.74 Å². The second kappa shape index (κ2) is 12.2. The Kier molecular flexibility index (Phi) is 10.3. The highest BCUT2D eigenvalue weighted by Crippen LogP contribution is 2.28. The average Bonchev–Trinajstić information content (AvgIpc) is 3.14. The maximum absolute atomic E-state index is 5.43. The molecular weight excluding hydrogens is 533 g/mol. The first kappa shape index (κ1) is 23.7. The first-order valence-corrected chi connectivity index (χ1v) is 10.7. The number of hydrogen-bond donors (Lipinski definition) is 2. The third kappa shape index (κ3) is 7.03. The summed E-state index contributed by atoms with van der Waals surface area (Å²) in [7, 11) is 1.85. The van der Waals surface area contributed by atoms with Crippen LogP contribution in [0, 0.1) is 5.92 Å². The minimum atomic E-state index is 0. The summed E-state index contributed by atoms with van der Waals surface area (Å²) >= 11 is 3.66. The van der Waals surface area contributed by atoms with Crippen LogP contribution in [0.4, 0.5) is 5.69 Å². The molecule has 2 aliphatic heterocycles. The van der Waals surface area contributed by atoms with Crippen LogP contribution in [0.1, 0.15) is 13.3 Å². The lowest BCUT2D eigenvalue weighted by molar-refractivity contribution is 0.0320. The van der Waals surface area contributed by atoms with Crippen LogP contribution in [0.3, 0.4) is 0 Å². The van der Waals surface area contributed by atoms with Gasteiger partial charge in [-0.1, -0.05) is 19.1 Å². The summed E-state index contributed by atoms with van der Waals surface area (Å²) < 4.78 is 6.58. The van der Waals surface area contributed by atoms with Crippen LogP contribution in [0.25, 0.3) is 0 Å². The number of hydrogen-bond acceptors (Lipinski definition) is 4. The van der Waals surface area contributed by atoms with E-state index in [2.05, 4.69) is 72.5 Å². The lowest BCUT2D eigenvalue weighted by Crippen LogP contribution is -2.47. The Morgan fingerprint density at radius 3 is 2.75 bits per heavy atom. The van der Waals surface area contributed by atoms with E-state index in [-0.39, 0.29) is 24.0 Å². The molecule has 158 valence electrons. The number of nitrogens with one attached hydrogen (secondary N) is 2. The molecule has 0 radical (unpaired) electrons. The highest BCUT2D eigenvalue weighted by Gasteiger charge is 2.24. The predicted octanol–water partition coefficient (Wildman–Crippen LogP) is 2.78. The lowest BCUT2D eigenvalue weighted by atomic mass is 10.1. The molecule has 28 heavy (non-hydrogen) atoms. The molecule has 2 saturated heterocycles. The molecule has 0 aromatic heterocycles. The number of morpholine rings is 1. The number of guanidine groups is 1. The van der Waals surface area contributed by atoms with Crippen LogP contribution in [0.15, 0.2) is 33.7 Å². The Balaban J connectivity index is 0.00000280. The van der Waals surface area contributed by atoms with E-state index in [1.165, 1.54) is 5.69 Å². The largest absolute Gasteiger partial charge is 0.379 e.